The van der Waals surface area contributed by atoms with E-state index in [0.717, 1.165) is 0 Å². The van der Waals surface area contributed by atoms with Crippen LogP contribution in [0, 0.1) is 0 Å². The smallest absolute Gasteiger partial charge is 0.106 e. The van der Waals surface area contributed by atoms with Gasteiger partial charge in [-0.05, 0) is 0 Å². The van der Waals surface area contributed by atoms with Gasteiger partial charge in [0.25, 0.3) is 0 Å². The molecule has 0 amide bonds. The molecule has 0 fully saturated rings. The first-order chi connectivity index (χ1) is 1.00. The van der Waals surface area contributed by atoms with E-state index in [9.17, 15) is 0 Å². The van der Waals surface area contributed by atoms with E-state index in [2.05, 4.69) is 13.2 Å². The van der Waals surface area contributed by atoms with E-state index in [4.69, 9.17) is 0 Å². The van der Waals surface area contributed by atoms with Crippen LogP contribution in [0.25, 0.3) is 0 Å². The number of hydrogen-bond acceptors (Lipinski definition) is 0. The summed E-state index contributed by atoms with van der Waals surface area (Å²) < 4.78 is 0. The molecule has 0 atom stereocenters. The summed E-state index contributed by atoms with van der Waals surface area (Å²) in [6.45, 7) is 6.00. The molecule has 0 unspecified atom stereocenters. The van der Waals surface area contributed by atoms with Crippen LogP contribution in [0.2, 0.25) is 0 Å². The Bertz CT molecular complexity index is 4.00. The van der Waals surface area contributed by atoms with Gasteiger partial charge in [-0.25, -0.2) is 0 Å². The quantitative estimate of drug-likeness (QED) is 0.511. The minimum Gasteiger partial charge on any atom is -0.106 e. The zero-order chi connectivity index (χ0) is 2.00. The van der Waals surface area contributed by atoms with E-state index in [1.54, 1.807) is 0 Å². The second-order valence-electron chi connectivity index (χ2n) is 0. The van der Waals surface area contributed by atoms with Crippen molar-refractivity contribution in [3.63, 3.8) is 0 Å². The second kappa shape index (κ2) is 32.1. The summed E-state index contributed by atoms with van der Waals surface area (Å²) in [6, 6.07) is 0. The van der Waals surface area contributed by atoms with Crippen LogP contribution in [-0.4, -0.2) is 0 Å². The molecule has 0 aliphatic heterocycles. The first-order valence-corrected chi connectivity index (χ1v) is 0.500. The molecule has 0 nitrogen and oxygen atoms in total. The zero-order valence-corrected chi connectivity index (χ0v) is 6.59. The maximum absolute atomic E-state index is 3.00. The SMILES string of the molecule is C=C.[Pt+2].[Pt+2]. The average molecular weight is 418 g/mol. The molecule has 0 aromatic carbocycles. The molecule has 0 N–H and O–H groups in total. The molecule has 0 aliphatic carbocycles. The van der Waals surface area contributed by atoms with Crippen LogP contribution < -0.4 is 0 Å². The van der Waals surface area contributed by atoms with Crippen LogP contribution in [-0.2, 0) is 42.1 Å². The van der Waals surface area contributed by atoms with Crippen molar-refractivity contribution in [2.24, 2.45) is 0 Å². The predicted octanol–water partition coefficient (Wildman–Crippen LogP) is 0.797. The number of rotatable bonds is 0. The van der Waals surface area contributed by atoms with Crippen molar-refractivity contribution >= 4 is 0 Å². The molecule has 0 rings (SSSR count). The molecule has 0 aromatic heterocycles. The summed E-state index contributed by atoms with van der Waals surface area (Å²) in [5.41, 5.74) is 0. The van der Waals surface area contributed by atoms with E-state index in [1.807, 2.05) is 0 Å². The van der Waals surface area contributed by atoms with Gasteiger partial charge < -0.3 is 0 Å². The fraction of sp³-hybridized carbons (Fsp3) is 0. The molecule has 0 aromatic rings. The average Bonchev–Trinajstić information content (AvgIpc) is 1.00. The Morgan fingerprint density at radius 2 is 0.750 bits per heavy atom. The molecular weight excluding hydrogens is 414 g/mol. The van der Waals surface area contributed by atoms with Crippen molar-refractivity contribution < 1.29 is 42.1 Å². The van der Waals surface area contributed by atoms with Crippen molar-refractivity contribution in [1.82, 2.24) is 0 Å². The van der Waals surface area contributed by atoms with Gasteiger partial charge in [0.05, 0.1) is 0 Å². The fourth-order valence-corrected chi connectivity index (χ4v) is 0. The molecule has 2 heteroatoms. The Morgan fingerprint density at radius 1 is 0.750 bits per heavy atom. The Kier molecular flexibility index (Phi) is 155. The Morgan fingerprint density at radius 3 is 0.750 bits per heavy atom. The normalized spacial score (nSPS) is 1.00. The van der Waals surface area contributed by atoms with Crippen molar-refractivity contribution in [2.75, 3.05) is 0 Å². The Hall–Kier alpha value is 1.12. The summed E-state index contributed by atoms with van der Waals surface area (Å²) in [5.74, 6) is 0. The summed E-state index contributed by atoms with van der Waals surface area (Å²) in [5, 5.41) is 0. The van der Waals surface area contributed by atoms with Gasteiger partial charge in [-0.3, -0.25) is 0 Å². The molecule has 0 bridgehead atoms. The molecule has 0 aliphatic rings. The fourth-order valence-electron chi connectivity index (χ4n) is 0. The first-order valence-electron chi connectivity index (χ1n) is 0.500. The van der Waals surface area contributed by atoms with E-state index in [1.165, 1.54) is 0 Å². The monoisotopic (exact) mass is 418 g/mol. The third kappa shape index (κ3) is 11.2. The molecule has 4 heavy (non-hydrogen) atoms. The largest absolute Gasteiger partial charge is 2.00 e. The Balaban J connectivity index is -0.00000000500. The molecule has 0 radical (unpaired) electrons. The van der Waals surface area contributed by atoms with E-state index in [-0.39, 0.29) is 42.1 Å². The predicted molar refractivity (Wildman–Crippen MR) is 11.3 cm³/mol. The first kappa shape index (κ1) is 19.4. The van der Waals surface area contributed by atoms with Gasteiger partial charge in [-0.2, -0.15) is 0 Å². The van der Waals surface area contributed by atoms with Gasteiger partial charge in [0.1, 0.15) is 0 Å². The van der Waals surface area contributed by atoms with Crippen LogP contribution >= 0.6 is 0 Å². The van der Waals surface area contributed by atoms with Gasteiger partial charge in [-0.15, -0.1) is 13.2 Å². The van der Waals surface area contributed by atoms with Gasteiger partial charge >= 0.3 is 42.1 Å². The maximum atomic E-state index is 3.00. The van der Waals surface area contributed by atoms with Crippen LogP contribution in [0.15, 0.2) is 13.2 Å². The van der Waals surface area contributed by atoms with Gasteiger partial charge in [0.2, 0.25) is 0 Å². The summed E-state index contributed by atoms with van der Waals surface area (Å²) >= 11 is 0. The van der Waals surface area contributed by atoms with Crippen molar-refractivity contribution in [3.05, 3.63) is 13.2 Å². The maximum Gasteiger partial charge on any atom is 2.00 e. The molecule has 0 saturated carbocycles. The third-order valence-corrected chi connectivity index (χ3v) is 0. The van der Waals surface area contributed by atoms with Crippen molar-refractivity contribution in [2.45, 2.75) is 0 Å². The molecule has 28 valence electrons. The van der Waals surface area contributed by atoms with Crippen LogP contribution in [0.3, 0.4) is 0 Å². The van der Waals surface area contributed by atoms with Gasteiger partial charge in [0.15, 0.2) is 0 Å². The third-order valence-electron chi connectivity index (χ3n) is 0. The minimum absolute atomic E-state index is 0. The summed E-state index contributed by atoms with van der Waals surface area (Å²) in [4.78, 5) is 0. The van der Waals surface area contributed by atoms with Crippen LogP contribution in [0.1, 0.15) is 0 Å². The van der Waals surface area contributed by atoms with Gasteiger partial charge in [0, 0.05) is 0 Å². The van der Waals surface area contributed by atoms with Crippen molar-refractivity contribution in [1.29, 1.82) is 0 Å². The van der Waals surface area contributed by atoms with E-state index < -0.39 is 0 Å². The van der Waals surface area contributed by atoms with Crippen molar-refractivity contribution in [3.8, 4) is 0 Å². The van der Waals surface area contributed by atoms with E-state index in [0.29, 0.717) is 0 Å². The summed E-state index contributed by atoms with van der Waals surface area (Å²) in [6.07, 6.45) is 0. The van der Waals surface area contributed by atoms with Crippen LogP contribution in [0.5, 0.6) is 0 Å². The topological polar surface area (TPSA) is 0 Å². The van der Waals surface area contributed by atoms with Crippen LogP contribution in [0.4, 0.5) is 0 Å². The minimum atomic E-state index is 0. The molecule has 0 spiro atoms. The molecule has 0 heterocycles. The van der Waals surface area contributed by atoms with E-state index >= 15 is 0 Å². The molecule has 0 saturated heterocycles. The standard InChI is InChI=1S/C2H4.2Pt/c1-2;;/h1-2H2;;/q;2*+2. The second-order valence-corrected chi connectivity index (χ2v) is 0. The zero-order valence-electron chi connectivity index (χ0n) is 2.05. The number of hydrogen-bond donors (Lipinski definition) is 0. The Labute approximate surface area is 55.2 Å². The molecular formula is C2H4Pt2+4. The summed E-state index contributed by atoms with van der Waals surface area (Å²) in [7, 11) is 0. The van der Waals surface area contributed by atoms with Gasteiger partial charge in [-0.1, -0.05) is 0 Å².